The van der Waals surface area contributed by atoms with E-state index in [-0.39, 0.29) is 0 Å². The van der Waals surface area contributed by atoms with Crippen molar-refractivity contribution in [1.82, 2.24) is 0 Å². The summed E-state index contributed by atoms with van der Waals surface area (Å²) in [6, 6.07) is 20.3. The van der Waals surface area contributed by atoms with Crippen LogP contribution in [0.2, 0.25) is 0 Å². The van der Waals surface area contributed by atoms with Crippen LogP contribution in [0.1, 0.15) is 5.56 Å². The van der Waals surface area contributed by atoms with Crippen molar-refractivity contribution >= 4 is 10.8 Å². The number of rotatable bonds is 1. The topological polar surface area (TPSA) is 20.2 Å². The summed E-state index contributed by atoms with van der Waals surface area (Å²) < 4.78 is 0. The lowest BCUT2D eigenvalue weighted by Crippen LogP contribution is -1.81. The van der Waals surface area contributed by atoms with E-state index in [0.717, 1.165) is 16.3 Å². The zero-order chi connectivity index (χ0) is 12.5. The molecule has 88 valence electrons. The van der Waals surface area contributed by atoms with E-state index >= 15 is 0 Å². The molecule has 3 aromatic carbocycles. The minimum absolute atomic E-state index is 0.351. The van der Waals surface area contributed by atoms with Gasteiger partial charge in [0, 0.05) is 5.39 Å². The van der Waals surface area contributed by atoms with Crippen LogP contribution in [0.5, 0.6) is 5.75 Å². The van der Waals surface area contributed by atoms with Gasteiger partial charge in [0.05, 0.1) is 0 Å². The highest BCUT2D eigenvalue weighted by Crippen LogP contribution is 2.30. The molecule has 0 bridgehead atoms. The van der Waals surface area contributed by atoms with Gasteiger partial charge in [-0.2, -0.15) is 0 Å². The molecule has 0 aromatic heterocycles. The van der Waals surface area contributed by atoms with Gasteiger partial charge in [-0.1, -0.05) is 48.5 Å². The Morgan fingerprint density at radius 3 is 2.33 bits per heavy atom. The minimum atomic E-state index is 0.351. The highest BCUT2D eigenvalue weighted by molar-refractivity contribution is 5.92. The van der Waals surface area contributed by atoms with Gasteiger partial charge in [-0.15, -0.1) is 0 Å². The molecule has 1 nitrogen and oxygen atoms in total. The van der Waals surface area contributed by atoms with Gasteiger partial charge in [0.25, 0.3) is 0 Å². The van der Waals surface area contributed by atoms with E-state index < -0.39 is 0 Å². The van der Waals surface area contributed by atoms with E-state index in [1.165, 1.54) is 11.1 Å². The summed E-state index contributed by atoms with van der Waals surface area (Å²) in [5.74, 6) is 0.351. The van der Waals surface area contributed by atoms with Gasteiger partial charge in [0.1, 0.15) is 5.75 Å². The van der Waals surface area contributed by atoms with Crippen molar-refractivity contribution in [2.24, 2.45) is 0 Å². The fraction of sp³-hybridized carbons (Fsp3) is 0.0588. The predicted molar refractivity (Wildman–Crippen MR) is 75.8 cm³/mol. The highest BCUT2D eigenvalue weighted by atomic mass is 16.3. The number of hydrogen-bond acceptors (Lipinski definition) is 1. The van der Waals surface area contributed by atoms with Crippen molar-refractivity contribution in [3.63, 3.8) is 0 Å². The van der Waals surface area contributed by atoms with Gasteiger partial charge >= 0.3 is 0 Å². The maximum absolute atomic E-state index is 9.91. The molecule has 0 heterocycles. The number of phenols is 1. The van der Waals surface area contributed by atoms with Crippen LogP contribution < -0.4 is 0 Å². The predicted octanol–water partition coefficient (Wildman–Crippen LogP) is 4.52. The van der Waals surface area contributed by atoms with Crippen LogP contribution in [0, 0.1) is 6.92 Å². The minimum Gasteiger partial charge on any atom is -0.507 e. The number of fused-ring (bicyclic) bond motifs is 1. The van der Waals surface area contributed by atoms with Crippen molar-refractivity contribution in [2.45, 2.75) is 6.92 Å². The lowest BCUT2D eigenvalue weighted by Gasteiger charge is -2.06. The molecule has 0 saturated heterocycles. The summed E-state index contributed by atoms with van der Waals surface area (Å²) in [6.45, 7) is 1.99. The summed E-state index contributed by atoms with van der Waals surface area (Å²) >= 11 is 0. The van der Waals surface area contributed by atoms with Gasteiger partial charge < -0.3 is 5.11 Å². The zero-order valence-corrected chi connectivity index (χ0v) is 10.2. The zero-order valence-electron chi connectivity index (χ0n) is 10.2. The molecule has 0 fully saturated rings. The third-order valence-corrected chi connectivity index (χ3v) is 3.18. The first kappa shape index (κ1) is 10.8. The molecule has 1 N–H and O–H groups in total. The van der Waals surface area contributed by atoms with E-state index in [2.05, 4.69) is 24.3 Å². The molecule has 0 aliphatic carbocycles. The highest BCUT2D eigenvalue weighted by Gasteiger charge is 2.03. The third-order valence-electron chi connectivity index (χ3n) is 3.18. The maximum atomic E-state index is 9.91. The summed E-state index contributed by atoms with van der Waals surface area (Å²) in [4.78, 5) is 0. The average Bonchev–Trinajstić information content (AvgIpc) is 2.39. The second-order valence-electron chi connectivity index (χ2n) is 4.59. The van der Waals surface area contributed by atoms with E-state index in [9.17, 15) is 5.11 Å². The van der Waals surface area contributed by atoms with Crippen molar-refractivity contribution < 1.29 is 5.11 Å². The molecule has 0 aliphatic heterocycles. The Balaban J connectivity index is 2.23. The van der Waals surface area contributed by atoms with Crippen LogP contribution in [0.15, 0.2) is 60.7 Å². The smallest absolute Gasteiger partial charge is 0.123 e. The van der Waals surface area contributed by atoms with Gasteiger partial charge in [-0.05, 0) is 41.1 Å². The Morgan fingerprint density at radius 1 is 0.778 bits per heavy atom. The van der Waals surface area contributed by atoms with E-state index in [1.807, 2.05) is 37.3 Å². The van der Waals surface area contributed by atoms with Crippen LogP contribution >= 0.6 is 0 Å². The summed E-state index contributed by atoms with van der Waals surface area (Å²) in [6.07, 6.45) is 0. The SMILES string of the molecule is Cc1cc(O)c2ccc(-c3ccccc3)cc2c1. The van der Waals surface area contributed by atoms with Gasteiger partial charge in [-0.25, -0.2) is 0 Å². The van der Waals surface area contributed by atoms with Crippen molar-refractivity contribution in [3.05, 3.63) is 66.2 Å². The summed E-state index contributed by atoms with van der Waals surface area (Å²) in [7, 11) is 0. The quantitative estimate of drug-likeness (QED) is 0.656. The Kier molecular flexibility index (Phi) is 2.52. The third kappa shape index (κ3) is 1.84. The maximum Gasteiger partial charge on any atom is 0.123 e. The summed E-state index contributed by atoms with van der Waals surface area (Å²) in [5, 5.41) is 11.9. The van der Waals surface area contributed by atoms with Crippen LogP contribution in [0.4, 0.5) is 0 Å². The monoisotopic (exact) mass is 234 g/mol. The molecule has 0 unspecified atom stereocenters. The molecule has 3 rings (SSSR count). The molecular weight excluding hydrogens is 220 g/mol. The van der Waals surface area contributed by atoms with Crippen LogP contribution in [0.25, 0.3) is 21.9 Å². The number of hydrogen-bond donors (Lipinski definition) is 1. The molecule has 0 saturated carbocycles. The largest absolute Gasteiger partial charge is 0.507 e. The molecule has 18 heavy (non-hydrogen) atoms. The van der Waals surface area contributed by atoms with Crippen LogP contribution in [-0.2, 0) is 0 Å². The summed E-state index contributed by atoms with van der Waals surface area (Å²) in [5.41, 5.74) is 3.44. The Hall–Kier alpha value is -2.28. The molecule has 0 radical (unpaired) electrons. The fourth-order valence-corrected chi connectivity index (χ4v) is 2.31. The lowest BCUT2D eigenvalue weighted by atomic mass is 10.00. The molecular formula is C17H14O. The number of phenolic OH excluding ortho intramolecular Hbond substituents is 1. The van der Waals surface area contributed by atoms with Gasteiger partial charge in [-0.3, -0.25) is 0 Å². The second-order valence-corrected chi connectivity index (χ2v) is 4.59. The van der Waals surface area contributed by atoms with Gasteiger partial charge in [0.2, 0.25) is 0 Å². The first-order valence-corrected chi connectivity index (χ1v) is 6.03. The van der Waals surface area contributed by atoms with Crippen LogP contribution in [0.3, 0.4) is 0 Å². The molecule has 0 spiro atoms. The van der Waals surface area contributed by atoms with Crippen LogP contribution in [-0.4, -0.2) is 5.11 Å². The lowest BCUT2D eigenvalue weighted by molar-refractivity contribution is 0.481. The first-order valence-electron chi connectivity index (χ1n) is 6.03. The standard InChI is InChI=1S/C17H14O/c1-12-9-15-11-14(13-5-3-2-4-6-13)7-8-16(15)17(18)10-12/h2-11,18H,1H3. The van der Waals surface area contributed by atoms with E-state index in [0.29, 0.717) is 5.75 Å². The number of aryl methyl sites for hydroxylation is 1. The van der Waals surface area contributed by atoms with Crippen molar-refractivity contribution in [1.29, 1.82) is 0 Å². The fourth-order valence-electron chi connectivity index (χ4n) is 2.31. The van der Waals surface area contributed by atoms with Crippen molar-refractivity contribution in [3.8, 4) is 16.9 Å². The molecule has 0 aliphatic rings. The molecule has 0 atom stereocenters. The molecule has 3 aromatic rings. The first-order chi connectivity index (χ1) is 8.74. The van der Waals surface area contributed by atoms with E-state index in [1.54, 1.807) is 6.07 Å². The Morgan fingerprint density at radius 2 is 1.56 bits per heavy atom. The van der Waals surface area contributed by atoms with E-state index in [4.69, 9.17) is 0 Å². The second kappa shape index (κ2) is 4.19. The molecule has 0 amide bonds. The van der Waals surface area contributed by atoms with Gasteiger partial charge in [0.15, 0.2) is 0 Å². The number of benzene rings is 3. The average molecular weight is 234 g/mol. The Bertz CT molecular complexity index is 699. The Labute approximate surface area is 106 Å². The normalized spacial score (nSPS) is 10.7. The van der Waals surface area contributed by atoms with Crippen molar-refractivity contribution in [2.75, 3.05) is 0 Å². The number of aromatic hydroxyl groups is 1. The molecule has 1 heteroatoms.